The number of aryl methyl sites for hydroxylation is 2. The summed E-state index contributed by atoms with van der Waals surface area (Å²) in [7, 11) is 0. The third-order valence-corrected chi connectivity index (χ3v) is 4.44. The highest BCUT2D eigenvalue weighted by molar-refractivity contribution is 9.10. The van der Waals surface area contributed by atoms with Crippen LogP contribution in [-0.4, -0.2) is 16.1 Å². The van der Waals surface area contributed by atoms with Crippen molar-refractivity contribution in [3.63, 3.8) is 0 Å². The zero-order valence-electron chi connectivity index (χ0n) is 11.4. The summed E-state index contributed by atoms with van der Waals surface area (Å²) < 4.78 is 0.903. The molecule has 0 fully saturated rings. The molecule has 0 saturated carbocycles. The first-order valence-corrected chi connectivity index (χ1v) is 7.72. The van der Waals surface area contributed by atoms with Crippen molar-refractivity contribution in [3.05, 3.63) is 39.0 Å². The van der Waals surface area contributed by atoms with E-state index in [0.717, 1.165) is 64.3 Å². The molecule has 0 saturated heterocycles. The standard InChI is InChI=1S/C16H16BrNO2/c1-9-7-10(17)8-12-14(16(19)20)11-5-3-2-4-6-13(11)18-15(9)12/h7-8H,2-6H2,1H3,(H,19,20). The zero-order valence-corrected chi connectivity index (χ0v) is 13.0. The number of hydrogen-bond donors (Lipinski definition) is 1. The number of carbonyl (C=O) groups is 1. The molecule has 0 radical (unpaired) electrons. The van der Waals surface area contributed by atoms with Gasteiger partial charge in [0, 0.05) is 15.6 Å². The predicted molar refractivity (Wildman–Crippen MR) is 82.4 cm³/mol. The molecule has 0 unspecified atom stereocenters. The Labute approximate surface area is 126 Å². The molecule has 2 aromatic rings. The number of nitrogens with zero attached hydrogens (tertiary/aromatic N) is 1. The fourth-order valence-corrected chi connectivity index (χ4v) is 3.65. The van der Waals surface area contributed by atoms with Crippen LogP contribution in [0.3, 0.4) is 0 Å². The van der Waals surface area contributed by atoms with E-state index in [4.69, 9.17) is 4.98 Å². The van der Waals surface area contributed by atoms with Crippen molar-refractivity contribution in [3.8, 4) is 0 Å². The van der Waals surface area contributed by atoms with Crippen molar-refractivity contribution in [2.75, 3.05) is 0 Å². The largest absolute Gasteiger partial charge is 0.478 e. The number of halogens is 1. The SMILES string of the molecule is Cc1cc(Br)cc2c(C(=O)O)c3c(nc12)CCCCC3. The van der Waals surface area contributed by atoms with Gasteiger partial charge in [0.15, 0.2) is 0 Å². The predicted octanol–water partition coefficient (Wildman–Crippen LogP) is 4.27. The van der Waals surface area contributed by atoms with Crippen LogP contribution in [0.25, 0.3) is 10.9 Å². The molecule has 4 heteroatoms. The highest BCUT2D eigenvalue weighted by atomic mass is 79.9. The van der Waals surface area contributed by atoms with Crippen molar-refractivity contribution >= 4 is 32.8 Å². The maximum Gasteiger partial charge on any atom is 0.336 e. The van der Waals surface area contributed by atoms with E-state index < -0.39 is 5.97 Å². The van der Waals surface area contributed by atoms with E-state index >= 15 is 0 Å². The van der Waals surface area contributed by atoms with E-state index in [1.165, 1.54) is 0 Å². The molecule has 1 N–H and O–H groups in total. The molecule has 1 aliphatic rings. The lowest BCUT2D eigenvalue weighted by Gasteiger charge is -2.14. The van der Waals surface area contributed by atoms with Crippen molar-refractivity contribution in [1.82, 2.24) is 4.98 Å². The second kappa shape index (κ2) is 5.17. The van der Waals surface area contributed by atoms with Gasteiger partial charge < -0.3 is 5.11 Å². The van der Waals surface area contributed by atoms with Gasteiger partial charge in [0.2, 0.25) is 0 Å². The van der Waals surface area contributed by atoms with Crippen LogP contribution in [0.5, 0.6) is 0 Å². The molecule has 1 aliphatic carbocycles. The van der Waals surface area contributed by atoms with Gasteiger partial charge in [0.05, 0.1) is 11.1 Å². The van der Waals surface area contributed by atoms with Gasteiger partial charge in [-0.2, -0.15) is 0 Å². The number of hydrogen-bond acceptors (Lipinski definition) is 2. The Morgan fingerprint density at radius 1 is 1.25 bits per heavy atom. The Hall–Kier alpha value is -1.42. The minimum Gasteiger partial charge on any atom is -0.478 e. The van der Waals surface area contributed by atoms with Gasteiger partial charge >= 0.3 is 5.97 Å². The van der Waals surface area contributed by atoms with E-state index in [0.29, 0.717) is 5.56 Å². The average Bonchev–Trinajstić information content (AvgIpc) is 2.60. The normalized spacial score (nSPS) is 14.9. The summed E-state index contributed by atoms with van der Waals surface area (Å²) in [5, 5.41) is 10.4. The monoisotopic (exact) mass is 333 g/mol. The lowest BCUT2D eigenvalue weighted by atomic mass is 9.96. The van der Waals surface area contributed by atoms with Gasteiger partial charge in [-0.3, -0.25) is 4.98 Å². The van der Waals surface area contributed by atoms with E-state index in [9.17, 15) is 9.90 Å². The number of aromatic nitrogens is 1. The number of pyridine rings is 1. The lowest BCUT2D eigenvalue weighted by molar-refractivity contribution is 0.0697. The summed E-state index contributed by atoms with van der Waals surface area (Å²) in [6.45, 7) is 1.98. The van der Waals surface area contributed by atoms with Gasteiger partial charge in [0.1, 0.15) is 0 Å². The first-order valence-electron chi connectivity index (χ1n) is 6.93. The van der Waals surface area contributed by atoms with Crippen LogP contribution in [0.4, 0.5) is 0 Å². The van der Waals surface area contributed by atoms with Crippen LogP contribution < -0.4 is 0 Å². The average molecular weight is 334 g/mol. The number of rotatable bonds is 1. The number of aromatic carboxylic acids is 1. The van der Waals surface area contributed by atoms with Crippen LogP contribution in [-0.2, 0) is 12.8 Å². The van der Waals surface area contributed by atoms with E-state index in [1.54, 1.807) is 0 Å². The number of carboxylic acids is 1. The summed E-state index contributed by atoms with van der Waals surface area (Å²) in [6, 6.07) is 3.87. The first kappa shape index (κ1) is 13.6. The molecule has 0 bridgehead atoms. The molecule has 0 atom stereocenters. The van der Waals surface area contributed by atoms with Crippen LogP contribution in [0, 0.1) is 6.92 Å². The fourth-order valence-electron chi connectivity index (χ4n) is 3.08. The van der Waals surface area contributed by atoms with Gasteiger partial charge in [-0.1, -0.05) is 22.4 Å². The van der Waals surface area contributed by atoms with Gasteiger partial charge in [0.25, 0.3) is 0 Å². The summed E-state index contributed by atoms with van der Waals surface area (Å²) in [6.07, 6.45) is 5.01. The molecular weight excluding hydrogens is 318 g/mol. The Balaban J connectivity index is 2.42. The summed E-state index contributed by atoms with van der Waals surface area (Å²) in [5.74, 6) is -0.840. The smallest absolute Gasteiger partial charge is 0.336 e. The molecule has 104 valence electrons. The Morgan fingerprint density at radius 2 is 2.00 bits per heavy atom. The fraction of sp³-hybridized carbons (Fsp3) is 0.375. The molecule has 3 rings (SSSR count). The Bertz CT molecular complexity index is 709. The maximum atomic E-state index is 11.8. The highest BCUT2D eigenvalue weighted by Crippen LogP contribution is 2.32. The molecule has 1 aromatic heterocycles. The molecule has 20 heavy (non-hydrogen) atoms. The number of fused-ring (bicyclic) bond motifs is 2. The van der Waals surface area contributed by atoms with E-state index in [1.807, 2.05) is 19.1 Å². The van der Waals surface area contributed by atoms with E-state index in [-0.39, 0.29) is 0 Å². The molecular formula is C16H16BrNO2. The lowest BCUT2D eigenvalue weighted by Crippen LogP contribution is -2.09. The molecule has 1 heterocycles. The Kier molecular flexibility index (Phi) is 3.50. The van der Waals surface area contributed by atoms with Gasteiger partial charge in [-0.05, 0) is 55.9 Å². The number of benzene rings is 1. The molecule has 1 aromatic carbocycles. The third kappa shape index (κ3) is 2.22. The zero-order chi connectivity index (χ0) is 14.3. The van der Waals surface area contributed by atoms with Crippen LogP contribution in [0.15, 0.2) is 16.6 Å². The van der Waals surface area contributed by atoms with Gasteiger partial charge in [-0.15, -0.1) is 0 Å². The van der Waals surface area contributed by atoms with Crippen molar-refractivity contribution in [1.29, 1.82) is 0 Å². The minimum atomic E-state index is -0.840. The quantitative estimate of drug-likeness (QED) is 0.792. The number of carboxylic acid groups (broad SMARTS) is 1. The highest BCUT2D eigenvalue weighted by Gasteiger charge is 2.22. The van der Waals surface area contributed by atoms with Gasteiger partial charge in [-0.25, -0.2) is 4.79 Å². The second-order valence-electron chi connectivity index (χ2n) is 5.40. The first-order chi connectivity index (χ1) is 9.58. The molecule has 3 nitrogen and oxygen atoms in total. The summed E-state index contributed by atoms with van der Waals surface area (Å²) >= 11 is 3.46. The summed E-state index contributed by atoms with van der Waals surface area (Å²) in [5.41, 5.74) is 4.23. The van der Waals surface area contributed by atoms with Crippen molar-refractivity contribution in [2.24, 2.45) is 0 Å². The van der Waals surface area contributed by atoms with E-state index in [2.05, 4.69) is 15.9 Å². The van der Waals surface area contributed by atoms with Crippen LogP contribution in [0.1, 0.15) is 46.4 Å². The van der Waals surface area contributed by atoms with Crippen LogP contribution >= 0.6 is 15.9 Å². The second-order valence-corrected chi connectivity index (χ2v) is 6.31. The molecule has 0 spiro atoms. The van der Waals surface area contributed by atoms with Crippen LogP contribution in [0.2, 0.25) is 0 Å². The molecule has 0 amide bonds. The van der Waals surface area contributed by atoms with Crippen molar-refractivity contribution < 1.29 is 9.90 Å². The summed E-state index contributed by atoms with van der Waals surface area (Å²) in [4.78, 5) is 16.6. The molecule has 0 aliphatic heterocycles. The maximum absolute atomic E-state index is 11.8. The third-order valence-electron chi connectivity index (χ3n) is 3.99. The van der Waals surface area contributed by atoms with Crippen molar-refractivity contribution in [2.45, 2.75) is 39.0 Å². The Morgan fingerprint density at radius 3 is 2.75 bits per heavy atom. The minimum absolute atomic E-state index is 0.455. The topological polar surface area (TPSA) is 50.2 Å².